The van der Waals surface area contributed by atoms with E-state index in [2.05, 4.69) is 21.2 Å². The fourth-order valence-corrected chi connectivity index (χ4v) is 3.95. The van der Waals surface area contributed by atoms with Crippen molar-refractivity contribution in [1.82, 2.24) is 5.32 Å². The monoisotopic (exact) mass is 377 g/mol. The van der Waals surface area contributed by atoms with Crippen LogP contribution >= 0.6 is 39.1 Å². The van der Waals surface area contributed by atoms with Crippen LogP contribution in [0.1, 0.15) is 42.5 Å². The molecule has 5 heteroatoms. The van der Waals surface area contributed by atoms with Gasteiger partial charge in [-0.25, -0.2) is 0 Å². The van der Waals surface area contributed by atoms with Crippen molar-refractivity contribution in [2.24, 2.45) is 5.41 Å². The van der Waals surface area contributed by atoms with Gasteiger partial charge in [-0.15, -0.1) is 0 Å². The predicted octanol–water partition coefficient (Wildman–Crippen LogP) is 5.07. The van der Waals surface area contributed by atoms with Crippen molar-refractivity contribution >= 4 is 45.0 Å². The SMILES string of the molecule is O=C(NCC1(CBr)CCCCC1)c1ccc(Cl)cc1Cl. The maximum atomic E-state index is 12.2. The number of carbonyl (C=O) groups excluding carboxylic acids is 1. The van der Waals surface area contributed by atoms with Gasteiger partial charge < -0.3 is 5.32 Å². The van der Waals surface area contributed by atoms with Crippen LogP contribution in [0.4, 0.5) is 0 Å². The summed E-state index contributed by atoms with van der Waals surface area (Å²) in [7, 11) is 0. The summed E-state index contributed by atoms with van der Waals surface area (Å²) in [4.78, 5) is 12.2. The topological polar surface area (TPSA) is 29.1 Å². The summed E-state index contributed by atoms with van der Waals surface area (Å²) in [5.74, 6) is -0.127. The second-order valence-corrected chi connectivity index (χ2v) is 6.91. The molecule has 20 heavy (non-hydrogen) atoms. The lowest BCUT2D eigenvalue weighted by atomic mass is 9.75. The summed E-state index contributed by atoms with van der Waals surface area (Å²) in [5.41, 5.74) is 0.670. The Morgan fingerprint density at radius 2 is 1.95 bits per heavy atom. The molecule has 0 saturated heterocycles. The minimum Gasteiger partial charge on any atom is -0.351 e. The predicted molar refractivity (Wildman–Crippen MR) is 88.1 cm³/mol. The molecule has 110 valence electrons. The Kier molecular flexibility index (Phi) is 5.76. The highest BCUT2D eigenvalue weighted by Gasteiger charge is 2.31. The first-order valence-electron chi connectivity index (χ1n) is 6.86. The molecule has 2 rings (SSSR count). The van der Waals surface area contributed by atoms with Crippen LogP contribution in [-0.4, -0.2) is 17.8 Å². The van der Waals surface area contributed by atoms with Gasteiger partial charge in [-0.3, -0.25) is 4.79 Å². The molecule has 0 aromatic heterocycles. The third kappa shape index (κ3) is 3.90. The second kappa shape index (κ2) is 7.15. The highest BCUT2D eigenvalue weighted by molar-refractivity contribution is 9.09. The number of benzene rings is 1. The van der Waals surface area contributed by atoms with E-state index in [4.69, 9.17) is 23.2 Å². The lowest BCUT2D eigenvalue weighted by molar-refractivity contribution is 0.0922. The Bertz CT molecular complexity index is 487. The maximum absolute atomic E-state index is 12.2. The van der Waals surface area contributed by atoms with E-state index in [0.29, 0.717) is 22.2 Å². The molecular weight excluding hydrogens is 361 g/mol. The van der Waals surface area contributed by atoms with Gasteiger partial charge in [-0.1, -0.05) is 58.4 Å². The number of halogens is 3. The van der Waals surface area contributed by atoms with Crippen LogP contribution in [0.3, 0.4) is 0 Å². The zero-order chi connectivity index (χ0) is 14.6. The van der Waals surface area contributed by atoms with Crippen molar-refractivity contribution < 1.29 is 4.79 Å². The molecule has 0 spiro atoms. The summed E-state index contributed by atoms with van der Waals surface area (Å²) < 4.78 is 0. The van der Waals surface area contributed by atoms with Crippen molar-refractivity contribution in [3.05, 3.63) is 33.8 Å². The lowest BCUT2D eigenvalue weighted by Gasteiger charge is -2.35. The number of rotatable bonds is 4. The van der Waals surface area contributed by atoms with Crippen LogP contribution in [0.15, 0.2) is 18.2 Å². The molecule has 1 aliphatic carbocycles. The van der Waals surface area contributed by atoms with E-state index in [9.17, 15) is 4.79 Å². The second-order valence-electron chi connectivity index (χ2n) is 5.50. The molecule has 0 radical (unpaired) electrons. The molecule has 2 nitrogen and oxygen atoms in total. The zero-order valence-corrected chi connectivity index (χ0v) is 14.3. The van der Waals surface area contributed by atoms with Gasteiger partial charge in [0.1, 0.15) is 0 Å². The van der Waals surface area contributed by atoms with Gasteiger partial charge in [-0.05, 0) is 36.5 Å². The van der Waals surface area contributed by atoms with Crippen LogP contribution in [0.25, 0.3) is 0 Å². The van der Waals surface area contributed by atoms with Gasteiger partial charge in [0.25, 0.3) is 5.91 Å². The van der Waals surface area contributed by atoms with Gasteiger partial charge >= 0.3 is 0 Å². The number of carbonyl (C=O) groups is 1. The van der Waals surface area contributed by atoms with E-state index in [1.807, 2.05) is 0 Å². The van der Waals surface area contributed by atoms with Crippen molar-refractivity contribution in [3.8, 4) is 0 Å². The van der Waals surface area contributed by atoms with Crippen molar-refractivity contribution in [3.63, 3.8) is 0 Å². The lowest BCUT2D eigenvalue weighted by Crippen LogP contribution is -2.40. The smallest absolute Gasteiger partial charge is 0.252 e. The van der Waals surface area contributed by atoms with E-state index in [-0.39, 0.29) is 11.3 Å². The summed E-state index contributed by atoms with van der Waals surface area (Å²) in [5, 5.41) is 4.88. The molecule has 1 amide bonds. The highest BCUT2D eigenvalue weighted by Crippen LogP contribution is 2.37. The Morgan fingerprint density at radius 1 is 1.25 bits per heavy atom. The van der Waals surface area contributed by atoms with Gasteiger partial charge in [0, 0.05) is 16.9 Å². The number of amides is 1. The van der Waals surface area contributed by atoms with Crippen LogP contribution in [0.5, 0.6) is 0 Å². The van der Waals surface area contributed by atoms with Crippen molar-refractivity contribution in [2.75, 3.05) is 11.9 Å². The Morgan fingerprint density at radius 3 is 2.55 bits per heavy atom. The standard InChI is InChI=1S/C15H18BrCl2NO/c16-9-15(6-2-1-3-7-15)10-19-14(20)12-5-4-11(17)8-13(12)18/h4-5,8H,1-3,6-7,9-10H2,(H,19,20). The summed E-state index contributed by atoms with van der Waals surface area (Å²) in [6.07, 6.45) is 6.10. The summed E-state index contributed by atoms with van der Waals surface area (Å²) in [6.45, 7) is 0.691. The first-order valence-corrected chi connectivity index (χ1v) is 8.73. The molecule has 1 saturated carbocycles. The van der Waals surface area contributed by atoms with Crippen molar-refractivity contribution in [1.29, 1.82) is 0 Å². The minimum atomic E-state index is -0.127. The highest BCUT2D eigenvalue weighted by atomic mass is 79.9. The number of hydrogen-bond acceptors (Lipinski definition) is 1. The Labute approximate surface area is 138 Å². The normalized spacial score (nSPS) is 17.8. The van der Waals surface area contributed by atoms with Gasteiger partial charge in [-0.2, -0.15) is 0 Å². The molecule has 0 bridgehead atoms. The van der Waals surface area contributed by atoms with Crippen molar-refractivity contribution in [2.45, 2.75) is 32.1 Å². The molecule has 1 aliphatic rings. The van der Waals surface area contributed by atoms with Gasteiger partial charge in [0.05, 0.1) is 10.6 Å². The Balaban J connectivity index is 2.00. The first-order chi connectivity index (χ1) is 9.56. The molecule has 1 N–H and O–H groups in total. The number of nitrogens with one attached hydrogen (secondary N) is 1. The first kappa shape index (κ1) is 16.1. The molecule has 1 aromatic rings. The molecule has 1 fully saturated rings. The summed E-state index contributed by atoms with van der Waals surface area (Å²) in [6, 6.07) is 4.95. The van der Waals surface area contributed by atoms with Crippen LogP contribution in [-0.2, 0) is 0 Å². The maximum Gasteiger partial charge on any atom is 0.252 e. The third-order valence-electron chi connectivity index (χ3n) is 4.00. The van der Waals surface area contributed by atoms with Gasteiger partial charge in [0.2, 0.25) is 0 Å². The van der Waals surface area contributed by atoms with E-state index in [1.54, 1.807) is 18.2 Å². The average Bonchev–Trinajstić information content (AvgIpc) is 2.46. The van der Waals surface area contributed by atoms with E-state index in [1.165, 1.54) is 19.3 Å². The minimum absolute atomic E-state index is 0.127. The van der Waals surface area contributed by atoms with Crippen LogP contribution in [0.2, 0.25) is 10.0 Å². The van der Waals surface area contributed by atoms with Crippen LogP contribution < -0.4 is 5.32 Å². The van der Waals surface area contributed by atoms with Gasteiger partial charge in [0.15, 0.2) is 0 Å². The molecule has 0 heterocycles. The Hall–Kier alpha value is -0.250. The van der Waals surface area contributed by atoms with E-state index >= 15 is 0 Å². The zero-order valence-electron chi connectivity index (χ0n) is 11.2. The molecule has 0 unspecified atom stereocenters. The summed E-state index contributed by atoms with van der Waals surface area (Å²) >= 11 is 15.5. The van der Waals surface area contributed by atoms with Crippen LogP contribution in [0, 0.1) is 5.41 Å². The fourth-order valence-electron chi connectivity index (χ4n) is 2.70. The molecule has 0 aliphatic heterocycles. The fraction of sp³-hybridized carbons (Fsp3) is 0.533. The number of alkyl halides is 1. The third-order valence-corrected chi connectivity index (χ3v) is 5.73. The van der Waals surface area contributed by atoms with E-state index < -0.39 is 0 Å². The molecular formula is C15H18BrCl2NO. The molecule has 0 atom stereocenters. The van der Waals surface area contributed by atoms with E-state index in [0.717, 1.165) is 18.2 Å². The molecule has 1 aromatic carbocycles. The quantitative estimate of drug-likeness (QED) is 0.728. The largest absolute Gasteiger partial charge is 0.351 e. The number of hydrogen-bond donors (Lipinski definition) is 1. The average molecular weight is 379 g/mol.